The summed E-state index contributed by atoms with van der Waals surface area (Å²) in [7, 11) is 0. The number of imidazole rings is 1. The molecule has 0 amide bonds. The summed E-state index contributed by atoms with van der Waals surface area (Å²) in [6, 6.07) is 9.83. The number of nitrogens with zero attached hydrogens (tertiary/aromatic N) is 5. The first-order valence-corrected chi connectivity index (χ1v) is 12.4. The minimum atomic E-state index is 0.0524. The highest BCUT2D eigenvalue weighted by molar-refractivity contribution is 7.17. The minimum absolute atomic E-state index is 0.0524. The van der Waals surface area contributed by atoms with E-state index in [4.69, 9.17) is 4.98 Å². The monoisotopic (exact) mass is 494 g/mol. The Morgan fingerprint density at radius 1 is 1.11 bits per heavy atom. The van der Waals surface area contributed by atoms with Crippen LogP contribution in [-0.2, 0) is 6.54 Å². The topological polar surface area (TPSA) is 125 Å². The first kappa shape index (κ1) is 22.2. The third-order valence-electron chi connectivity index (χ3n) is 5.95. The van der Waals surface area contributed by atoms with Crippen molar-refractivity contribution in [2.24, 2.45) is 0 Å². The van der Waals surface area contributed by atoms with Gasteiger partial charge in [-0.2, -0.15) is 5.10 Å². The molecule has 6 aromatic rings. The number of H-pyrrole nitrogens is 2. The summed E-state index contributed by atoms with van der Waals surface area (Å²) in [6.07, 6.45) is 7.18. The number of aromatic amines is 2. The maximum Gasteiger partial charge on any atom is 0.178 e. The fraction of sp³-hybridized carbons (Fsp3) is 0.154. The van der Waals surface area contributed by atoms with Crippen LogP contribution in [0.25, 0.3) is 55.3 Å². The molecular weight excluding hydrogens is 472 g/mol. The molecule has 9 nitrogen and oxygen atoms in total. The summed E-state index contributed by atoms with van der Waals surface area (Å²) in [4.78, 5) is 35.1. The van der Waals surface area contributed by atoms with Crippen LogP contribution in [0.1, 0.15) is 29.1 Å². The average molecular weight is 495 g/mol. The fourth-order valence-electron chi connectivity index (χ4n) is 4.15. The molecule has 0 radical (unpaired) electrons. The number of aromatic nitrogens is 7. The van der Waals surface area contributed by atoms with E-state index < -0.39 is 0 Å². The van der Waals surface area contributed by atoms with Crippen LogP contribution in [0.15, 0.2) is 55.1 Å². The Morgan fingerprint density at radius 3 is 2.86 bits per heavy atom. The number of hydrogen-bond donors (Lipinski definition) is 3. The number of pyridine rings is 3. The average Bonchev–Trinajstić information content (AvgIpc) is 3.64. The molecule has 6 rings (SSSR count). The Balaban J connectivity index is 1.42. The van der Waals surface area contributed by atoms with E-state index in [1.54, 1.807) is 19.3 Å². The maximum absolute atomic E-state index is 11.8. The number of Topliss-reactive ketones (excluding diaryl/α,β-unsaturated/α-hetero) is 1. The number of fused-ring (bicyclic) bond motifs is 2. The molecule has 0 atom stereocenters. The zero-order valence-corrected chi connectivity index (χ0v) is 20.5. The molecule has 0 unspecified atom stereocenters. The van der Waals surface area contributed by atoms with Gasteiger partial charge in [-0.05, 0) is 49.4 Å². The van der Waals surface area contributed by atoms with Gasteiger partial charge in [0.05, 0.1) is 27.8 Å². The van der Waals surface area contributed by atoms with Crippen molar-refractivity contribution in [3.63, 3.8) is 0 Å². The Kier molecular flexibility index (Phi) is 5.59. The van der Waals surface area contributed by atoms with Gasteiger partial charge in [0.15, 0.2) is 17.3 Å². The van der Waals surface area contributed by atoms with Gasteiger partial charge < -0.3 is 10.3 Å². The van der Waals surface area contributed by atoms with Crippen molar-refractivity contribution in [3.8, 4) is 33.2 Å². The second-order valence-corrected chi connectivity index (χ2v) is 9.50. The molecule has 10 heteroatoms. The number of thiophene rings is 1. The van der Waals surface area contributed by atoms with Gasteiger partial charge in [0.2, 0.25) is 0 Å². The largest absolute Gasteiger partial charge is 0.335 e. The van der Waals surface area contributed by atoms with Crippen molar-refractivity contribution >= 4 is 39.2 Å². The molecule has 0 aliphatic rings. The van der Waals surface area contributed by atoms with Crippen molar-refractivity contribution in [2.75, 3.05) is 6.54 Å². The van der Waals surface area contributed by atoms with Gasteiger partial charge in [0, 0.05) is 46.5 Å². The first-order valence-electron chi connectivity index (χ1n) is 11.6. The lowest BCUT2D eigenvalue weighted by Crippen LogP contribution is -2.11. The van der Waals surface area contributed by atoms with E-state index in [0.717, 1.165) is 61.6 Å². The van der Waals surface area contributed by atoms with E-state index in [-0.39, 0.29) is 5.78 Å². The Bertz CT molecular complexity index is 1730. The summed E-state index contributed by atoms with van der Waals surface area (Å²) in [5.74, 6) is 0.660. The van der Waals surface area contributed by atoms with E-state index in [0.29, 0.717) is 17.2 Å². The molecule has 0 aliphatic heterocycles. The third-order valence-corrected chi connectivity index (χ3v) is 7.17. The van der Waals surface area contributed by atoms with Crippen LogP contribution >= 0.6 is 11.3 Å². The molecule has 178 valence electrons. The molecule has 0 aromatic carbocycles. The SMILES string of the molecule is CCNCc1cncc(-c2cc3c(-c4nc5nccc(-c6ccc(C(C)=O)s6)c5[nH]4)n[nH]c3cn2)c1. The van der Waals surface area contributed by atoms with E-state index in [1.165, 1.54) is 11.3 Å². The number of carbonyl (C=O) groups is 1. The molecule has 0 saturated carbocycles. The van der Waals surface area contributed by atoms with E-state index in [1.807, 2.05) is 36.7 Å². The lowest BCUT2D eigenvalue weighted by atomic mass is 10.1. The summed E-state index contributed by atoms with van der Waals surface area (Å²) >= 11 is 1.46. The van der Waals surface area contributed by atoms with Gasteiger partial charge in [-0.15, -0.1) is 11.3 Å². The van der Waals surface area contributed by atoms with E-state index in [2.05, 4.69) is 48.4 Å². The minimum Gasteiger partial charge on any atom is -0.335 e. The highest BCUT2D eigenvalue weighted by Gasteiger charge is 2.18. The molecule has 0 aliphatic carbocycles. The van der Waals surface area contributed by atoms with Crippen LogP contribution in [0.2, 0.25) is 0 Å². The quantitative estimate of drug-likeness (QED) is 0.267. The third kappa shape index (κ3) is 3.96. The van der Waals surface area contributed by atoms with Crippen LogP contribution < -0.4 is 5.32 Å². The molecule has 36 heavy (non-hydrogen) atoms. The van der Waals surface area contributed by atoms with Crippen LogP contribution in [0.5, 0.6) is 0 Å². The lowest BCUT2D eigenvalue weighted by molar-refractivity contribution is 0.102. The van der Waals surface area contributed by atoms with Gasteiger partial charge in [0.1, 0.15) is 5.69 Å². The van der Waals surface area contributed by atoms with Gasteiger partial charge in [0.25, 0.3) is 0 Å². The highest BCUT2D eigenvalue weighted by atomic mass is 32.1. The van der Waals surface area contributed by atoms with Crippen molar-refractivity contribution in [2.45, 2.75) is 20.4 Å². The zero-order valence-electron chi connectivity index (χ0n) is 19.7. The second-order valence-electron chi connectivity index (χ2n) is 8.41. The number of hydrogen-bond acceptors (Lipinski definition) is 8. The van der Waals surface area contributed by atoms with Crippen LogP contribution in [-0.4, -0.2) is 47.4 Å². The first-order chi connectivity index (χ1) is 17.6. The van der Waals surface area contributed by atoms with Crippen molar-refractivity contribution in [3.05, 3.63) is 65.6 Å². The van der Waals surface area contributed by atoms with Crippen molar-refractivity contribution < 1.29 is 4.79 Å². The summed E-state index contributed by atoms with van der Waals surface area (Å²) < 4.78 is 0. The van der Waals surface area contributed by atoms with Crippen LogP contribution in [0, 0.1) is 0 Å². The molecular formula is C26H22N8OS. The molecule has 0 bridgehead atoms. The number of nitrogens with one attached hydrogen (secondary N) is 3. The van der Waals surface area contributed by atoms with Gasteiger partial charge >= 0.3 is 0 Å². The molecule has 6 aromatic heterocycles. The Hall–Kier alpha value is -4.28. The summed E-state index contributed by atoms with van der Waals surface area (Å²) in [5.41, 5.74) is 6.67. The van der Waals surface area contributed by atoms with E-state index >= 15 is 0 Å². The molecule has 0 spiro atoms. The zero-order chi connectivity index (χ0) is 24.6. The molecule has 0 saturated heterocycles. The standard InChI is InChI=1S/C26H22N8OS/c1-3-27-10-15-8-16(12-28-11-15)19-9-18-20(13-30-19)33-34-24(18)26-31-23-17(6-7-29-25(23)32-26)22-5-4-21(36-22)14(2)35/h4-9,11-13,27H,3,10H2,1-2H3,(H,33,34)(H,29,31,32). The van der Waals surface area contributed by atoms with Gasteiger partial charge in [-0.25, -0.2) is 9.97 Å². The van der Waals surface area contributed by atoms with Gasteiger partial charge in [-0.1, -0.05) is 6.92 Å². The normalized spacial score (nSPS) is 11.5. The van der Waals surface area contributed by atoms with Crippen molar-refractivity contribution in [1.82, 2.24) is 40.4 Å². The number of rotatable bonds is 7. The van der Waals surface area contributed by atoms with Gasteiger partial charge in [-0.3, -0.25) is 19.9 Å². The predicted molar refractivity (Wildman–Crippen MR) is 141 cm³/mol. The van der Waals surface area contributed by atoms with Crippen molar-refractivity contribution in [1.29, 1.82) is 0 Å². The lowest BCUT2D eigenvalue weighted by Gasteiger charge is -2.05. The second kappa shape index (κ2) is 9.06. The Morgan fingerprint density at radius 2 is 2.03 bits per heavy atom. The summed E-state index contributed by atoms with van der Waals surface area (Å²) in [6.45, 7) is 5.30. The summed E-state index contributed by atoms with van der Waals surface area (Å²) in [5, 5.41) is 11.8. The number of ketones is 1. The predicted octanol–water partition coefficient (Wildman–Crippen LogP) is 5.00. The molecule has 3 N–H and O–H groups in total. The van der Waals surface area contributed by atoms with Crippen LogP contribution in [0.4, 0.5) is 0 Å². The van der Waals surface area contributed by atoms with E-state index in [9.17, 15) is 4.79 Å². The van der Waals surface area contributed by atoms with Crippen LogP contribution in [0.3, 0.4) is 0 Å². The Labute approximate surface area is 210 Å². The molecule has 0 fully saturated rings. The highest BCUT2D eigenvalue weighted by Crippen LogP contribution is 2.34. The smallest absolute Gasteiger partial charge is 0.178 e. The maximum atomic E-state index is 11.8. The number of carbonyl (C=O) groups excluding carboxylic acids is 1. The molecule has 6 heterocycles. The fourth-order valence-corrected chi connectivity index (χ4v) is 5.08.